The van der Waals surface area contributed by atoms with Gasteiger partial charge in [-0.2, -0.15) is 0 Å². The number of amides is 2. The fraction of sp³-hybridized carbons (Fsp3) is 0.444. The van der Waals surface area contributed by atoms with Crippen molar-refractivity contribution in [2.75, 3.05) is 6.54 Å². The number of nitrogens with zero attached hydrogens (tertiary/aromatic N) is 1. The molecule has 0 saturated heterocycles. The van der Waals surface area contributed by atoms with Gasteiger partial charge < -0.3 is 15.2 Å². The summed E-state index contributed by atoms with van der Waals surface area (Å²) in [5, 5.41) is 10.00. The molecule has 0 unspecified atom stereocenters. The monoisotopic (exact) mass is 313 g/mol. The Morgan fingerprint density at radius 2 is 1.96 bits per heavy atom. The normalized spacial score (nSPS) is 15.3. The number of carbonyl (C=O) groups excluding carboxylic acids is 1. The Morgan fingerprint density at radius 3 is 2.74 bits per heavy atom. The van der Waals surface area contributed by atoms with Crippen LogP contribution in [0.1, 0.15) is 37.8 Å². The molecule has 23 heavy (non-hydrogen) atoms. The van der Waals surface area contributed by atoms with E-state index in [2.05, 4.69) is 15.8 Å². The molecular weight excluding hydrogens is 290 g/mol. The Balaban J connectivity index is 1.42. The molecule has 2 aromatic rings. The summed E-state index contributed by atoms with van der Waals surface area (Å²) in [5.74, 6) is 0.757. The molecule has 2 amide bonds. The van der Waals surface area contributed by atoms with Crippen molar-refractivity contribution in [1.29, 1.82) is 0 Å². The van der Waals surface area contributed by atoms with Crippen LogP contribution in [0.3, 0.4) is 0 Å². The summed E-state index contributed by atoms with van der Waals surface area (Å²) in [5.41, 5.74) is 1.86. The molecule has 122 valence electrons. The van der Waals surface area contributed by atoms with E-state index >= 15 is 0 Å². The van der Waals surface area contributed by atoms with Crippen LogP contribution in [-0.4, -0.2) is 23.8 Å². The summed E-state index contributed by atoms with van der Waals surface area (Å²) in [6, 6.07) is 12.1. The Hall–Kier alpha value is -2.30. The maximum absolute atomic E-state index is 11.9. The number of nitrogens with one attached hydrogen (secondary N) is 2. The van der Waals surface area contributed by atoms with Crippen molar-refractivity contribution in [3.05, 3.63) is 42.1 Å². The highest BCUT2D eigenvalue weighted by atomic mass is 16.5. The molecule has 1 aliphatic carbocycles. The number of hydrogen-bond acceptors (Lipinski definition) is 3. The molecule has 2 N–H and O–H groups in total. The molecule has 1 aromatic carbocycles. The van der Waals surface area contributed by atoms with Crippen LogP contribution in [0.2, 0.25) is 0 Å². The molecule has 3 rings (SSSR count). The third-order valence-electron chi connectivity index (χ3n) is 4.22. The van der Waals surface area contributed by atoms with E-state index in [0.717, 1.165) is 29.9 Å². The zero-order valence-corrected chi connectivity index (χ0v) is 13.3. The Kier molecular flexibility index (Phi) is 5.29. The maximum atomic E-state index is 11.9. The lowest BCUT2D eigenvalue weighted by Gasteiger charge is -2.22. The molecule has 5 heteroatoms. The van der Waals surface area contributed by atoms with Gasteiger partial charge in [-0.25, -0.2) is 4.79 Å². The highest BCUT2D eigenvalue weighted by molar-refractivity contribution is 5.74. The third-order valence-corrected chi connectivity index (χ3v) is 4.22. The van der Waals surface area contributed by atoms with Crippen LogP contribution in [0.25, 0.3) is 11.3 Å². The smallest absolute Gasteiger partial charge is 0.315 e. The van der Waals surface area contributed by atoms with Gasteiger partial charge in [-0.15, -0.1) is 0 Å². The van der Waals surface area contributed by atoms with E-state index in [4.69, 9.17) is 4.52 Å². The van der Waals surface area contributed by atoms with Crippen molar-refractivity contribution in [1.82, 2.24) is 15.8 Å². The second kappa shape index (κ2) is 7.81. The van der Waals surface area contributed by atoms with Crippen LogP contribution >= 0.6 is 0 Å². The third kappa shape index (κ3) is 4.58. The predicted molar refractivity (Wildman–Crippen MR) is 89.1 cm³/mol. The van der Waals surface area contributed by atoms with Gasteiger partial charge in [-0.1, -0.05) is 54.8 Å². The number of benzene rings is 1. The van der Waals surface area contributed by atoms with Crippen molar-refractivity contribution in [2.45, 2.75) is 44.6 Å². The molecule has 0 spiro atoms. The lowest BCUT2D eigenvalue weighted by Crippen LogP contribution is -2.43. The van der Waals surface area contributed by atoms with Crippen LogP contribution in [0.5, 0.6) is 0 Å². The summed E-state index contributed by atoms with van der Waals surface area (Å²) >= 11 is 0. The fourth-order valence-electron chi connectivity index (χ4n) is 2.96. The summed E-state index contributed by atoms with van der Waals surface area (Å²) in [6.45, 7) is 0.555. The Labute approximate surface area is 136 Å². The van der Waals surface area contributed by atoms with Crippen molar-refractivity contribution in [3.8, 4) is 11.3 Å². The quantitative estimate of drug-likeness (QED) is 0.887. The fourth-order valence-corrected chi connectivity index (χ4v) is 2.96. The lowest BCUT2D eigenvalue weighted by molar-refractivity contribution is 0.232. The molecule has 0 bridgehead atoms. The summed E-state index contributed by atoms with van der Waals surface area (Å²) < 4.78 is 5.35. The largest absolute Gasteiger partial charge is 0.356 e. The van der Waals surface area contributed by atoms with E-state index in [9.17, 15) is 4.79 Å². The maximum Gasteiger partial charge on any atom is 0.315 e. The lowest BCUT2D eigenvalue weighted by atomic mass is 9.96. The minimum atomic E-state index is -0.0799. The standard InChI is InChI=1S/C18H23N3O2/c22-18(20-15-9-5-2-6-10-15)19-12-11-16-13-17(23-21-16)14-7-3-1-4-8-14/h1,3-4,7-8,13,15H,2,5-6,9-12H2,(H2,19,20,22). The first-order valence-electron chi connectivity index (χ1n) is 8.36. The van der Waals surface area contributed by atoms with Crippen LogP contribution in [0.15, 0.2) is 40.9 Å². The molecule has 1 aromatic heterocycles. The molecule has 1 heterocycles. The predicted octanol–water partition coefficient (Wildman–Crippen LogP) is 3.52. The molecule has 0 atom stereocenters. The summed E-state index contributed by atoms with van der Waals surface area (Å²) in [6.07, 6.45) is 6.57. The number of rotatable bonds is 5. The minimum absolute atomic E-state index is 0.0799. The topological polar surface area (TPSA) is 67.2 Å². The molecule has 5 nitrogen and oxygen atoms in total. The molecule has 1 saturated carbocycles. The SMILES string of the molecule is O=C(NCCc1cc(-c2ccccc2)on1)NC1CCCCC1. The zero-order valence-electron chi connectivity index (χ0n) is 13.3. The van der Waals surface area contributed by atoms with Gasteiger partial charge in [-0.05, 0) is 12.8 Å². The van der Waals surface area contributed by atoms with Crippen LogP contribution in [0.4, 0.5) is 4.79 Å². The highest BCUT2D eigenvalue weighted by Gasteiger charge is 2.15. The van der Waals surface area contributed by atoms with Crippen molar-refractivity contribution >= 4 is 6.03 Å². The summed E-state index contributed by atoms with van der Waals surface area (Å²) in [4.78, 5) is 11.9. The van der Waals surface area contributed by atoms with E-state index in [0.29, 0.717) is 19.0 Å². The van der Waals surface area contributed by atoms with Gasteiger partial charge in [0.05, 0.1) is 5.69 Å². The van der Waals surface area contributed by atoms with E-state index in [1.807, 2.05) is 36.4 Å². The average Bonchev–Trinajstić information content (AvgIpc) is 3.05. The van der Waals surface area contributed by atoms with Gasteiger partial charge in [0.1, 0.15) is 0 Å². The zero-order chi connectivity index (χ0) is 15.9. The van der Waals surface area contributed by atoms with Crippen molar-refractivity contribution < 1.29 is 9.32 Å². The molecule has 0 radical (unpaired) electrons. The minimum Gasteiger partial charge on any atom is -0.356 e. The van der Waals surface area contributed by atoms with E-state index in [1.54, 1.807) is 0 Å². The number of aromatic nitrogens is 1. The van der Waals surface area contributed by atoms with Crippen LogP contribution < -0.4 is 10.6 Å². The van der Waals surface area contributed by atoms with Gasteiger partial charge in [-0.3, -0.25) is 0 Å². The van der Waals surface area contributed by atoms with Gasteiger partial charge in [0.2, 0.25) is 0 Å². The first-order chi connectivity index (χ1) is 11.3. The average molecular weight is 313 g/mol. The second-order valence-corrected chi connectivity index (χ2v) is 6.03. The van der Waals surface area contributed by atoms with E-state index in [1.165, 1.54) is 19.3 Å². The molecule has 1 fully saturated rings. The molecule has 0 aliphatic heterocycles. The van der Waals surface area contributed by atoms with Gasteiger partial charge in [0.25, 0.3) is 0 Å². The first-order valence-corrected chi connectivity index (χ1v) is 8.36. The van der Waals surface area contributed by atoms with Crippen molar-refractivity contribution in [3.63, 3.8) is 0 Å². The second-order valence-electron chi connectivity index (χ2n) is 6.03. The van der Waals surface area contributed by atoms with Gasteiger partial charge in [0, 0.05) is 30.6 Å². The van der Waals surface area contributed by atoms with Crippen LogP contribution in [0, 0.1) is 0 Å². The Bertz CT molecular complexity index is 618. The molecule has 1 aliphatic rings. The molecular formula is C18H23N3O2. The van der Waals surface area contributed by atoms with Crippen molar-refractivity contribution in [2.24, 2.45) is 0 Å². The van der Waals surface area contributed by atoms with Gasteiger partial charge >= 0.3 is 6.03 Å². The number of carbonyl (C=O) groups is 1. The number of hydrogen-bond donors (Lipinski definition) is 2. The Morgan fingerprint density at radius 1 is 1.17 bits per heavy atom. The highest BCUT2D eigenvalue weighted by Crippen LogP contribution is 2.20. The summed E-state index contributed by atoms with van der Waals surface area (Å²) in [7, 11) is 0. The van der Waals surface area contributed by atoms with Gasteiger partial charge in [0.15, 0.2) is 5.76 Å². The first kappa shape index (κ1) is 15.6. The van der Waals surface area contributed by atoms with E-state index < -0.39 is 0 Å². The van der Waals surface area contributed by atoms with E-state index in [-0.39, 0.29) is 6.03 Å². The number of urea groups is 1. The van der Waals surface area contributed by atoms with Crippen LogP contribution in [-0.2, 0) is 6.42 Å².